The zero-order valence-corrected chi connectivity index (χ0v) is 11.8. The van der Waals surface area contributed by atoms with Gasteiger partial charge in [0.25, 0.3) is 5.91 Å². The average molecular weight is 266 g/mol. The van der Waals surface area contributed by atoms with E-state index in [9.17, 15) is 4.79 Å². The number of carbonyl (C=O) groups excluding carboxylic acids is 1. The second-order valence-corrected chi connectivity index (χ2v) is 4.64. The number of carbonyl (C=O) groups is 1. The molecule has 0 spiro atoms. The number of unbranched alkanes of at least 4 members (excludes halogenated alkanes) is 1. The molecule has 1 heterocycles. The number of nitrogen functional groups attached to an aromatic ring is 1. The molecule has 6 heteroatoms. The number of hydrogen-bond donors (Lipinski definition) is 2. The Morgan fingerprint density at radius 2 is 2.21 bits per heavy atom. The quantitative estimate of drug-likeness (QED) is 0.727. The van der Waals surface area contributed by atoms with E-state index in [2.05, 4.69) is 15.3 Å². The van der Waals surface area contributed by atoms with Crippen LogP contribution in [-0.2, 0) is 4.74 Å². The lowest BCUT2D eigenvalue weighted by atomic mass is 10.2. The van der Waals surface area contributed by atoms with Gasteiger partial charge in [-0.05, 0) is 12.8 Å². The largest absolute Gasteiger partial charge is 0.396 e. The summed E-state index contributed by atoms with van der Waals surface area (Å²) in [6.07, 6.45) is 3.26. The van der Waals surface area contributed by atoms with Crippen LogP contribution in [0.15, 0.2) is 6.20 Å². The monoisotopic (exact) mass is 266 g/mol. The van der Waals surface area contributed by atoms with Crippen molar-refractivity contribution in [2.45, 2.75) is 32.6 Å². The third-order valence-corrected chi connectivity index (χ3v) is 2.63. The van der Waals surface area contributed by atoms with E-state index in [1.54, 1.807) is 7.11 Å². The summed E-state index contributed by atoms with van der Waals surface area (Å²) >= 11 is 0. The van der Waals surface area contributed by atoms with Crippen molar-refractivity contribution < 1.29 is 9.53 Å². The molecule has 0 aliphatic carbocycles. The van der Waals surface area contributed by atoms with Crippen LogP contribution < -0.4 is 11.1 Å². The number of nitrogens with zero attached hydrogens (tertiary/aromatic N) is 2. The van der Waals surface area contributed by atoms with Crippen LogP contribution in [0.2, 0.25) is 0 Å². The van der Waals surface area contributed by atoms with Crippen molar-refractivity contribution in [1.82, 2.24) is 15.3 Å². The number of amides is 1. The molecular weight excluding hydrogens is 244 g/mol. The number of methoxy groups -OCH3 is 1. The molecule has 6 nitrogen and oxygen atoms in total. The van der Waals surface area contributed by atoms with Gasteiger partial charge >= 0.3 is 0 Å². The molecule has 1 aromatic rings. The average Bonchev–Trinajstić information content (AvgIpc) is 2.38. The molecule has 0 bridgehead atoms. The molecule has 0 saturated carbocycles. The van der Waals surface area contributed by atoms with Crippen molar-refractivity contribution in [3.05, 3.63) is 17.7 Å². The van der Waals surface area contributed by atoms with Crippen molar-refractivity contribution in [1.29, 1.82) is 0 Å². The Balaban J connectivity index is 2.58. The Morgan fingerprint density at radius 1 is 1.47 bits per heavy atom. The molecular formula is C13H22N4O2. The number of nitrogens with one attached hydrogen (secondary N) is 1. The molecule has 0 aromatic carbocycles. The normalized spacial score (nSPS) is 10.7. The summed E-state index contributed by atoms with van der Waals surface area (Å²) in [6, 6.07) is 0. The molecule has 0 unspecified atom stereocenters. The first-order valence-corrected chi connectivity index (χ1v) is 6.45. The summed E-state index contributed by atoms with van der Waals surface area (Å²) in [7, 11) is 1.66. The van der Waals surface area contributed by atoms with Crippen molar-refractivity contribution in [2.75, 3.05) is 26.0 Å². The van der Waals surface area contributed by atoms with Crippen LogP contribution in [-0.4, -0.2) is 36.1 Å². The second-order valence-electron chi connectivity index (χ2n) is 4.64. The van der Waals surface area contributed by atoms with Crippen LogP contribution in [0.5, 0.6) is 0 Å². The highest BCUT2D eigenvalue weighted by atomic mass is 16.5. The molecule has 19 heavy (non-hydrogen) atoms. The fraction of sp³-hybridized carbons (Fsp3) is 0.615. The SMILES string of the molecule is COCCCCNC(=O)c1nc(C(C)C)ncc1N. The minimum absolute atomic E-state index is 0.161. The van der Waals surface area contributed by atoms with Crippen molar-refractivity contribution in [3.8, 4) is 0 Å². The third kappa shape index (κ3) is 4.82. The van der Waals surface area contributed by atoms with E-state index in [1.807, 2.05) is 13.8 Å². The summed E-state index contributed by atoms with van der Waals surface area (Å²) in [6.45, 7) is 5.22. The number of rotatable bonds is 7. The molecule has 3 N–H and O–H groups in total. The minimum atomic E-state index is -0.251. The van der Waals surface area contributed by atoms with E-state index in [0.717, 1.165) is 12.8 Å². The minimum Gasteiger partial charge on any atom is -0.396 e. The zero-order chi connectivity index (χ0) is 14.3. The zero-order valence-electron chi connectivity index (χ0n) is 11.8. The highest BCUT2D eigenvalue weighted by Gasteiger charge is 2.14. The van der Waals surface area contributed by atoms with E-state index in [4.69, 9.17) is 10.5 Å². The lowest BCUT2D eigenvalue weighted by Crippen LogP contribution is -2.27. The number of aromatic nitrogens is 2. The summed E-state index contributed by atoms with van der Waals surface area (Å²) in [5.41, 5.74) is 6.30. The van der Waals surface area contributed by atoms with Crippen molar-refractivity contribution in [2.24, 2.45) is 0 Å². The van der Waals surface area contributed by atoms with Crippen LogP contribution in [0.4, 0.5) is 5.69 Å². The number of hydrogen-bond acceptors (Lipinski definition) is 5. The summed E-state index contributed by atoms with van der Waals surface area (Å²) < 4.78 is 4.94. The van der Waals surface area contributed by atoms with Gasteiger partial charge < -0.3 is 15.8 Å². The fourth-order valence-electron chi connectivity index (χ4n) is 1.52. The first-order valence-electron chi connectivity index (χ1n) is 6.45. The lowest BCUT2D eigenvalue weighted by Gasteiger charge is -2.09. The first-order chi connectivity index (χ1) is 9.06. The molecule has 1 aromatic heterocycles. The predicted molar refractivity (Wildman–Crippen MR) is 74.0 cm³/mol. The van der Waals surface area contributed by atoms with Gasteiger partial charge in [-0.1, -0.05) is 13.8 Å². The third-order valence-electron chi connectivity index (χ3n) is 2.63. The molecule has 0 aliphatic rings. The van der Waals surface area contributed by atoms with Gasteiger partial charge in [-0.25, -0.2) is 9.97 Å². The molecule has 1 rings (SSSR count). The van der Waals surface area contributed by atoms with Crippen LogP contribution >= 0.6 is 0 Å². The van der Waals surface area contributed by atoms with Gasteiger partial charge in [0.1, 0.15) is 5.82 Å². The fourth-order valence-corrected chi connectivity index (χ4v) is 1.52. The molecule has 0 atom stereocenters. The lowest BCUT2D eigenvalue weighted by molar-refractivity contribution is 0.0947. The van der Waals surface area contributed by atoms with Gasteiger partial charge in [0.2, 0.25) is 0 Å². The van der Waals surface area contributed by atoms with Crippen LogP contribution in [0, 0.1) is 0 Å². The maximum atomic E-state index is 12.0. The van der Waals surface area contributed by atoms with Gasteiger partial charge in [0.15, 0.2) is 5.69 Å². The second kappa shape index (κ2) is 7.68. The highest BCUT2D eigenvalue weighted by molar-refractivity contribution is 5.96. The van der Waals surface area contributed by atoms with Gasteiger partial charge in [-0.2, -0.15) is 0 Å². The Morgan fingerprint density at radius 3 is 2.84 bits per heavy atom. The number of nitrogens with two attached hydrogens (primary N) is 1. The van der Waals surface area contributed by atoms with E-state index in [1.165, 1.54) is 6.20 Å². The Kier molecular flexibility index (Phi) is 6.21. The van der Waals surface area contributed by atoms with E-state index >= 15 is 0 Å². The summed E-state index contributed by atoms with van der Waals surface area (Å²) in [5, 5.41) is 2.80. The first kappa shape index (κ1) is 15.4. The Hall–Kier alpha value is -1.69. The van der Waals surface area contributed by atoms with Crippen LogP contribution in [0.3, 0.4) is 0 Å². The molecule has 106 valence electrons. The van der Waals surface area contributed by atoms with Gasteiger partial charge in [0, 0.05) is 26.2 Å². The van der Waals surface area contributed by atoms with Crippen molar-refractivity contribution >= 4 is 11.6 Å². The van der Waals surface area contributed by atoms with Crippen LogP contribution in [0.25, 0.3) is 0 Å². The molecule has 0 fully saturated rings. The van der Waals surface area contributed by atoms with Crippen molar-refractivity contribution in [3.63, 3.8) is 0 Å². The molecule has 1 amide bonds. The standard InChI is InChI=1S/C13H22N4O2/c1-9(2)12-16-8-10(14)11(17-12)13(18)15-6-4-5-7-19-3/h8-9H,4-7,14H2,1-3H3,(H,15,18). The van der Waals surface area contributed by atoms with E-state index in [0.29, 0.717) is 24.7 Å². The van der Waals surface area contributed by atoms with Gasteiger partial charge in [0.05, 0.1) is 11.9 Å². The predicted octanol–water partition coefficient (Wildman–Crippen LogP) is 1.34. The highest BCUT2D eigenvalue weighted by Crippen LogP contribution is 2.13. The maximum Gasteiger partial charge on any atom is 0.272 e. The van der Waals surface area contributed by atoms with E-state index in [-0.39, 0.29) is 17.5 Å². The van der Waals surface area contributed by atoms with Crippen LogP contribution in [0.1, 0.15) is 48.9 Å². The maximum absolute atomic E-state index is 12.0. The summed E-state index contributed by atoms with van der Waals surface area (Å²) in [4.78, 5) is 20.3. The Bertz CT molecular complexity index is 421. The number of ether oxygens (including phenoxy) is 1. The van der Waals surface area contributed by atoms with Gasteiger partial charge in [-0.3, -0.25) is 4.79 Å². The molecule has 0 aliphatic heterocycles. The molecule has 0 saturated heterocycles. The smallest absolute Gasteiger partial charge is 0.272 e. The van der Waals surface area contributed by atoms with E-state index < -0.39 is 0 Å². The topological polar surface area (TPSA) is 90.1 Å². The van der Waals surface area contributed by atoms with Gasteiger partial charge in [-0.15, -0.1) is 0 Å². The molecule has 0 radical (unpaired) electrons. The summed E-state index contributed by atoms with van der Waals surface area (Å²) in [5.74, 6) is 0.534. The number of anilines is 1. The Labute approximate surface area is 113 Å².